The summed E-state index contributed by atoms with van der Waals surface area (Å²) in [7, 11) is 1.95. The Kier molecular flexibility index (Phi) is 4.08. The van der Waals surface area contributed by atoms with Crippen LogP contribution in [0.1, 0.15) is 43.1 Å². The second-order valence-electron chi connectivity index (χ2n) is 5.73. The molecular formula is C15H23N3. The summed E-state index contributed by atoms with van der Waals surface area (Å²) in [6.45, 7) is 6.42. The van der Waals surface area contributed by atoms with Crippen LogP contribution in [0.25, 0.3) is 0 Å². The minimum atomic E-state index is 0.749. The van der Waals surface area contributed by atoms with E-state index in [9.17, 15) is 0 Å². The van der Waals surface area contributed by atoms with Gasteiger partial charge >= 0.3 is 0 Å². The van der Waals surface area contributed by atoms with E-state index in [-0.39, 0.29) is 0 Å². The number of hydrogen-bond donors (Lipinski definition) is 1. The molecular weight excluding hydrogens is 222 g/mol. The van der Waals surface area contributed by atoms with Crippen LogP contribution >= 0.6 is 0 Å². The van der Waals surface area contributed by atoms with Gasteiger partial charge in [0.05, 0.1) is 0 Å². The maximum Gasteiger partial charge on any atom is 0.120 e. The highest BCUT2D eigenvalue weighted by Gasteiger charge is 2.20. The number of nitriles is 1. The largest absolute Gasteiger partial charge is 0.340 e. The van der Waals surface area contributed by atoms with Crippen LogP contribution in [0.5, 0.6) is 0 Å². The van der Waals surface area contributed by atoms with E-state index >= 15 is 0 Å². The molecule has 0 radical (unpaired) electrons. The maximum absolute atomic E-state index is 8.99. The van der Waals surface area contributed by atoms with Gasteiger partial charge in [0.25, 0.3) is 0 Å². The Morgan fingerprint density at radius 2 is 2.28 bits per heavy atom. The van der Waals surface area contributed by atoms with E-state index in [1.165, 1.54) is 30.5 Å². The third kappa shape index (κ3) is 2.76. The molecule has 2 rings (SSSR count). The van der Waals surface area contributed by atoms with Gasteiger partial charge in [-0.15, -0.1) is 0 Å². The molecule has 2 atom stereocenters. The van der Waals surface area contributed by atoms with Gasteiger partial charge < -0.3 is 9.88 Å². The van der Waals surface area contributed by atoms with E-state index in [0.717, 1.165) is 30.6 Å². The summed E-state index contributed by atoms with van der Waals surface area (Å²) in [5.74, 6) is 1.75. The Labute approximate surface area is 110 Å². The van der Waals surface area contributed by atoms with Gasteiger partial charge in [-0.25, -0.2) is 0 Å². The molecule has 0 aromatic carbocycles. The molecule has 18 heavy (non-hydrogen) atoms. The predicted molar refractivity (Wildman–Crippen MR) is 73.1 cm³/mol. The summed E-state index contributed by atoms with van der Waals surface area (Å²) in [4.78, 5) is 0. The number of hydrogen-bond acceptors (Lipinski definition) is 2. The fourth-order valence-corrected chi connectivity index (χ4v) is 2.97. The molecule has 1 aromatic heterocycles. The van der Waals surface area contributed by atoms with Crippen molar-refractivity contribution in [1.29, 1.82) is 5.26 Å². The van der Waals surface area contributed by atoms with E-state index in [0.29, 0.717) is 0 Å². The predicted octanol–water partition coefficient (Wildman–Crippen LogP) is 2.73. The van der Waals surface area contributed by atoms with Crippen LogP contribution in [-0.2, 0) is 13.6 Å². The van der Waals surface area contributed by atoms with Crippen molar-refractivity contribution in [3.63, 3.8) is 0 Å². The second kappa shape index (κ2) is 5.58. The molecule has 2 unspecified atom stereocenters. The second-order valence-corrected chi connectivity index (χ2v) is 5.73. The fourth-order valence-electron chi connectivity index (χ4n) is 2.97. The summed E-state index contributed by atoms with van der Waals surface area (Å²) < 4.78 is 1.97. The Bertz CT molecular complexity index is 453. The van der Waals surface area contributed by atoms with E-state index in [1.54, 1.807) is 0 Å². The molecule has 1 N–H and O–H groups in total. The molecule has 0 saturated heterocycles. The molecule has 0 aliphatic heterocycles. The lowest BCUT2D eigenvalue weighted by Gasteiger charge is -2.11. The van der Waals surface area contributed by atoms with Crippen molar-refractivity contribution in [3.8, 4) is 6.07 Å². The molecule has 1 aliphatic carbocycles. The minimum absolute atomic E-state index is 0.749. The van der Waals surface area contributed by atoms with Crippen LogP contribution in [0, 0.1) is 30.1 Å². The van der Waals surface area contributed by atoms with Crippen LogP contribution in [0.4, 0.5) is 0 Å². The highest BCUT2D eigenvalue weighted by atomic mass is 15.0. The van der Waals surface area contributed by atoms with Crippen LogP contribution in [0.15, 0.2) is 6.07 Å². The zero-order chi connectivity index (χ0) is 13.1. The smallest absolute Gasteiger partial charge is 0.120 e. The topological polar surface area (TPSA) is 40.8 Å². The van der Waals surface area contributed by atoms with Gasteiger partial charge in [0.1, 0.15) is 11.8 Å². The lowest BCUT2D eigenvalue weighted by Crippen LogP contribution is -2.21. The zero-order valence-electron chi connectivity index (χ0n) is 11.7. The lowest BCUT2D eigenvalue weighted by molar-refractivity contribution is 0.470. The molecule has 0 spiro atoms. The molecule has 3 nitrogen and oxygen atoms in total. The van der Waals surface area contributed by atoms with Gasteiger partial charge in [0.2, 0.25) is 0 Å². The zero-order valence-corrected chi connectivity index (χ0v) is 11.7. The number of rotatable bonds is 4. The summed E-state index contributed by atoms with van der Waals surface area (Å²) in [6.07, 6.45) is 4.12. The molecule has 1 heterocycles. The first-order valence-corrected chi connectivity index (χ1v) is 6.87. The monoisotopic (exact) mass is 245 g/mol. The summed E-state index contributed by atoms with van der Waals surface area (Å²) >= 11 is 0. The summed E-state index contributed by atoms with van der Waals surface area (Å²) in [5, 5.41) is 12.5. The van der Waals surface area contributed by atoms with Crippen LogP contribution in [-0.4, -0.2) is 11.1 Å². The average molecular weight is 245 g/mol. The van der Waals surface area contributed by atoms with Crippen molar-refractivity contribution in [2.45, 2.75) is 39.7 Å². The highest BCUT2D eigenvalue weighted by molar-refractivity contribution is 5.33. The standard InChI is InChI=1S/C15H23N3/c1-11-4-5-13(6-11)9-17-10-14-7-15(8-16)18(3)12(14)2/h7,11,13,17H,4-6,9-10H2,1-3H3. The molecule has 0 bridgehead atoms. The first-order chi connectivity index (χ1) is 8.61. The lowest BCUT2D eigenvalue weighted by atomic mass is 10.1. The van der Waals surface area contributed by atoms with Crippen molar-refractivity contribution >= 4 is 0 Å². The molecule has 1 aromatic rings. The normalized spacial score (nSPS) is 23.2. The SMILES string of the molecule is Cc1c(CNCC2CCC(C)C2)cc(C#N)n1C. The van der Waals surface area contributed by atoms with Gasteiger partial charge in [0, 0.05) is 19.3 Å². The van der Waals surface area contributed by atoms with Crippen molar-refractivity contribution in [2.24, 2.45) is 18.9 Å². The van der Waals surface area contributed by atoms with Crippen molar-refractivity contribution < 1.29 is 0 Å². The Hall–Kier alpha value is -1.27. The van der Waals surface area contributed by atoms with E-state index in [4.69, 9.17) is 5.26 Å². The Balaban J connectivity index is 1.85. The van der Waals surface area contributed by atoms with Crippen LogP contribution in [0.2, 0.25) is 0 Å². The quantitative estimate of drug-likeness (QED) is 0.886. The van der Waals surface area contributed by atoms with Crippen molar-refractivity contribution in [3.05, 3.63) is 23.0 Å². The highest BCUT2D eigenvalue weighted by Crippen LogP contribution is 2.29. The number of nitrogens with zero attached hydrogens (tertiary/aromatic N) is 2. The Morgan fingerprint density at radius 1 is 1.50 bits per heavy atom. The van der Waals surface area contributed by atoms with Gasteiger partial charge in [0.15, 0.2) is 0 Å². The van der Waals surface area contributed by atoms with Gasteiger partial charge in [-0.2, -0.15) is 5.26 Å². The summed E-state index contributed by atoms with van der Waals surface area (Å²) in [6, 6.07) is 4.23. The summed E-state index contributed by atoms with van der Waals surface area (Å²) in [5.41, 5.74) is 3.19. The fraction of sp³-hybridized carbons (Fsp3) is 0.667. The molecule has 98 valence electrons. The molecule has 1 fully saturated rings. The first-order valence-electron chi connectivity index (χ1n) is 6.87. The maximum atomic E-state index is 8.99. The van der Waals surface area contributed by atoms with E-state index in [1.807, 2.05) is 17.7 Å². The van der Waals surface area contributed by atoms with Crippen molar-refractivity contribution in [2.75, 3.05) is 6.54 Å². The Morgan fingerprint density at radius 3 is 2.83 bits per heavy atom. The average Bonchev–Trinajstić information content (AvgIpc) is 2.88. The molecule has 1 aliphatic rings. The van der Waals surface area contributed by atoms with Crippen molar-refractivity contribution in [1.82, 2.24) is 9.88 Å². The van der Waals surface area contributed by atoms with Gasteiger partial charge in [-0.3, -0.25) is 0 Å². The molecule has 3 heteroatoms. The third-order valence-electron chi connectivity index (χ3n) is 4.31. The van der Waals surface area contributed by atoms with E-state index < -0.39 is 0 Å². The van der Waals surface area contributed by atoms with Crippen LogP contribution < -0.4 is 5.32 Å². The van der Waals surface area contributed by atoms with Crippen LogP contribution in [0.3, 0.4) is 0 Å². The molecule has 0 amide bonds. The minimum Gasteiger partial charge on any atom is -0.340 e. The van der Waals surface area contributed by atoms with Gasteiger partial charge in [-0.05, 0) is 49.8 Å². The van der Waals surface area contributed by atoms with E-state index in [2.05, 4.69) is 25.2 Å². The number of aromatic nitrogens is 1. The first kappa shape index (κ1) is 13.2. The van der Waals surface area contributed by atoms with Gasteiger partial charge in [-0.1, -0.05) is 13.3 Å². The molecule has 1 saturated carbocycles. The number of nitrogens with one attached hydrogen (secondary N) is 1. The third-order valence-corrected chi connectivity index (χ3v) is 4.31.